The van der Waals surface area contributed by atoms with E-state index in [1.807, 2.05) is 30.3 Å². The highest BCUT2D eigenvalue weighted by Gasteiger charge is 2.34. The summed E-state index contributed by atoms with van der Waals surface area (Å²) < 4.78 is 60.1. The Kier molecular flexibility index (Phi) is 14.8. The molecule has 4 heterocycles. The van der Waals surface area contributed by atoms with E-state index in [2.05, 4.69) is 15.0 Å². The molecule has 1 N–H and O–H groups in total. The van der Waals surface area contributed by atoms with Gasteiger partial charge in [-0.3, -0.25) is 4.79 Å². The fourth-order valence-corrected chi connectivity index (χ4v) is 8.57. The zero-order valence-electron chi connectivity index (χ0n) is 33.3. The Morgan fingerprint density at radius 2 is 1.31 bits per heavy atom. The molecule has 0 radical (unpaired) electrons. The molecule has 2 fully saturated rings. The smallest absolute Gasteiger partial charge is 0.294 e. The highest BCUT2D eigenvalue weighted by Crippen LogP contribution is 2.39. The van der Waals surface area contributed by atoms with Gasteiger partial charge in [0.05, 0.1) is 13.2 Å². The van der Waals surface area contributed by atoms with E-state index in [1.54, 1.807) is 35.2 Å². The Balaban J connectivity index is 0.000000206. The first kappa shape index (κ1) is 43.8. The van der Waals surface area contributed by atoms with E-state index in [-0.39, 0.29) is 54.7 Å². The Labute approximate surface area is 358 Å². The van der Waals surface area contributed by atoms with Crippen molar-refractivity contribution in [3.05, 3.63) is 128 Å². The van der Waals surface area contributed by atoms with Crippen LogP contribution in [0.1, 0.15) is 35.8 Å². The molecule has 0 aliphatic carbocycles. The average Bonchev–Trinajstić information content (AvgIpc) is 3.96. The number of piperidine rings is 2. The maximum atomic E-state index is 13.5. The summed E-state index contributed by atoms with van der Waals surface area (Å²) in [4.78, 5) is 44.2. The molecular weight excluding hydrogens is 839 g/mol. The minimum atomic E-state index is -1.30. The van der Waals surface area contributed by atoms with Crippen LogP contribution >= 0.6 is 11.8 Å². The second-order valence-corrected chi connectivity index (χ2v) is 15.7. The lowest BCUT2D eigenvalue weighted by molar-refractivity contribution is -0.788. The van der Waals surface area contributed by atoms with Gasteiger partial charge >= 0.3 is 0 Å². The summed E-state index contributed by atoms with van der Waals surface area (Å²) in [6.45, 7) is 3.13. The molecule has 0 spiro atoms. The second kappa shape index (κ2) is 21.0. The molecule has 4 aliphatic rings. The number of likely N-dealkylation sites (tertiary alicyclic amines) is 1. The zero-order chi connectivity index (χ0) is 43.4. The molecule has 0 aromatic heterocycles. The van der Waals surface area contributed by atoms with Crippen molar-refractivity contribution in [1.29, 1.82) is 0 Å². The first-order valence-corrected chi connectivity index (χ1v) is 20.8. The minimum Gasteiger partial charge on any atom is -0.493 e. The zero-order valence-corrected chi connectivity index (χ0v) is 34.1. The molecule has 0 saturated carbocycles. The predicted octanol–water partition coefficient (Wildman–Crippen LogP) is 7.00. The molecule has 0 bridgehead atoms. The minimum absolute atomic E-state index is 0.0160. The molecule has 8 rings (SSSR count). The van der Waals surface area contributed by atoms with Gasteiger partial charge in [0.1, 0.15) is 35.8 Å². The van der Waals surface area contributed by atoms with Crippen LogP contribution in [0.2, 0.25) is 0 Å². The summed E-state index contributed by atoms with van der Waals surface area (Å²) in [6, 6.07) is 23.9. The molecule has 5 atom stereocenters. The lowest BCUT2D eigenvalue weighted by Gasteiger charge is -2.38. The molecule has 1 unspecified atom stereocenters. The van der Waals surface area contributed by atoms with Gasteiger partial charge in [0.25, 0.3) is 15.4 Å². The van der Waals surface area contributed by atoms with Gasteiger partial charge in [-0.1, -0.05) is 36.0 Å². The van der Waals surface area contributed by atoms with Gasteiger partial charge in [0.2, 0.25) is 13.6 Å². The summed E-state index contributed by atoms with van der Waals surface area (Å²) in [6.07, 6.45) is 0.305. The maximum absolute atomic E-state index is 13.5. The third-order valence-corrected chi connectivity index (χ3v) is 11.8. The van der Waals surface area contributed by atoms with Gasteiger partial charge in [0.15, 0.2) is 23.0 Å². The number of ether oxygens (including phenoxy) is 6. The van der Waals surface area contributed by atoms with Gasteiger partial charge in [-0.2, -0.15) is 0 Å². The second-order valence-electron chi connectivity index (χ2n) is 14.8. The number of thioether (sulfide) groups is 1. The molecule has 1 amide bonds. The molecule has 4 aromatic rings. The largest absolute Gasteiger partial charge is 0.493 e. The predicted molar refractivity (Wildman–Crippen MR) is 218 cm³/mol. The van der Waals surface area contributed by atoms with Crippen LogP contribution in [0.4, 0.5) is 13.6 Å². The van der Waals surface area contributed by atoms with Crippen molar-refractivity contribution in [1.82, 2.24) is 10.2 Å². The number of nitrogens with zero attached hydrogens (tertiary/aromatic N) is 3. The Bertz CT molecular complexity index is 2160. The standard InChI is InChI=1S/C23H24FN3O10S.C19H20FNO3/c24-17-3-1-15(2-4-17)20-7-8-25(23(28)38-13-19(37-27(31)32)12-36-26(29)30)10-16(20)11-33-18-5-6-21-22(9-18)35-14-34-21;20-15-3-1-13(2-4-15)17-7-8-21-10-14(17)11-22-16-5-6-18-19(9-16)24-12-23-18/h1-6,9,16,19-20H,7-8,10-14H2;1-6,9,14,17,21H,7-8,10-12H2/t16-,19?,20-;14-,17-/m00/s1. The Morgan fingerprint density at radius 1 is 0.758 bits per heavy atom. The monoisotopic (exact) mass is 882 g/mol. The van der Waals surface area contributed by atoms with Crippen LogP contribution in [0.3, 0.4) is 0 Å². The summed E-state index contributed by atoms with van der Waals surface area (Å²) in [5.41, 5.74) is 2.10. The Morgan fingerprint density at radius 3 is 1.87 bits per heavy atom. The van der Waals surface area contributed by atoms with E-state index in [0.717, 1.165) is 54.1 Å². The van der Waals surface area contributed by atoms with E-state index in [9.17, 15) is 33.8 Å². The van der Waals surface area contributed by atoms with Crippen LogP contribution in [-0.4, -0.2) is 91.8 Å². The van der Waals surface area contributed by atoms with Gasteiger partial charge < -0.3 is 48.3 Å². The van der Waals surface area contributed by atoms with Crippen molar-refractivity contribution in [3.63, 3.8) is 0 Å². The van der Waals surface area contributed by atoms with Crippen LogP contribution < -0.4 is 33.7 Å². The van der Waals surface area contributed by atoms with E-state index in [4.69, 9.17) is 28.4 Å². The molecule has 4 aromatic carbocycles. The first-order valence-electron chi connectivity index (χ1n) is 19.8. The van der Waals surface area contributed by atoms with Crippen LogP contribution in [0.5, 0.6) is 34.5 Å². The highest BCUT2D eigenvalue weighted by atomic mass is 32.2. The van der Waals surface area contributed by atoms with Crippen molar-refractivity contribution < 1.29 is 61.8 Å². The maximum Gasteiger partial charge on any atom is 0.294 e. The van der Waals surface area contributed by atoms with Crippen molar-refractivity contribution in [2.75, 3.05) is 65.3 Å². The first-order chi connectivity index (χ1) is 30.1. The van der Waals surface area contributed by atoms with E-state index in [0.29, 0.717) is 55.2 Å². The number of fused-ring (bicyclic) bond motifs is 2. The lowest BCUT2D eigenvalue weighted by Crippen LogP contribution is -2.44. The number of halogens is 2. The van der Waals surface area contributed by atoms with Gasteiger partial charge in [-0.25, -0.2) is 8.78 Å². The molecule has 62 heavy (non-hydrogen) atoms. The SMILES string of the molecule is Fc1ccc([C@@H]2CCNC[C@H]2COc2ccc3c(c2)OCO3)cc1.O=C(SCC(CO[N+](=O)[O-])O[N+](=O)[O-])N1CC[C@@H](c2ccc(F)cc2)[C@H](COc2ccc3c(c2)OCO3)C1. The summed E-state index contributed by atoms with van der Waals surface area (Å²) in [7, 11) is 0. The molecule has 330 valence electrons. The number of benzene rings is 4. The number of carbonyl (C=O) groups excluding carboxylic acids is 1. The van der Waals surface area contributed by atoms with Crippen molar-refractivity contribution in [2.24, 2.45) is 11.8 Å². The number of hydrogen-bond donors (Lipinski definition) is 1. The number of nitrogens with one attached hydrogen (secondary N) is 1. The van der Waals surface area contributed by atoms with Crippen molar-refractivity contribution in [3.8, 4) is 34.5 Å². The van der Waals surface area contributed by atoms with Gasteiger partial charge in [0, 0.05) is 49.4 Å². The van der Waals surface area contributed by atoms with Crippen LogP contribution in [0.25, 0.3) is 0 Å². The third kappa shape index (κ3) is 12.0. The van der Waals surface area contributed by atoms with E-state index >= 15 is 0 Å². The highest BCUT2D eigenvalue weighted by molar-refractivity contribution is 8.13. The molecule has 4 aliphatic heterocycles. The topological polar surface area (TPSA) is 192 Å². The van der Waals surface area contributed by atoms with Crippen molar-refractivity contribution >= 4 is 17.0 Å². The summed E-state index contributed by atoms with van der Waals surface area (Å²) in [5.74, 6) is 3.80. The summed E-state index contributed by atoms with van der Waals surface area (Å²) >= 11 is 0.748. The number of rotatable bonds is 15. The fourth-order valence-electron chi connectivity index (χ4n) is 7.73. The van der Waals surface area contributed by atoms with E-state index < -0.39 is 22.9 Å². The van der Waals surface area contributed by atoms with Crippen LogP contribution in [0.15, 0.2) is 84.9 Å². The number of amides is 1. The van der Waals surface area contributed by atoms with Crippen LogP contribution in [-0.2, 0) is 9.68 Å². The fraction of sp³-hybridized carbons (Fsp3) is 0.405. The van der Waals surface area contributed by atoms with Crippen molar-refractivity contribution in [2.45, 2.75) is 30.8 Å². The summed E-state index contributed by atoms with van der Waals surface area (Å²) in [5, 5.41) is 22.0. The van der Waals surface area contributed by atoms with Crippen LogP contribution in [0, 0.1) is 43.7 Å². The molecule has 20 heteroatoms. The molecule has 2 saturated heterocycles. The third-order valence-electron chi connectivity index (χ3n) is 10.8. The van der Waals surface area contributed by atoms with Gasteiger partial charge in [-0.15, -0.1) is 20.2 Å². The molecular formula is C42H44F2N4O13S. The molecule has 17 nitrogen and oxygen atoms in total. The normalized spacial score (nSPS) is 20.3. The van der Waals surface area contributed by atoms with E-state index in [1.165, 1.54) is 29.8 Å². The van der Waals surface area contributed by atoms with Gasteiger partial charge in [-0.05, 0) is 90.9 Å². The average molecular weight is 883 g/mol. The lowest BCUT2D eigenvalue weighted by atomic mass is 9.81. The quantitative estimate of drug-likeness (QED) is 0.0947. The Hall–Kier alpha value is -6.28. The number of carbonyl (C=O) groups is 1. The number of hydrogen-bond acceptors (Lipinski definition) is 15.